The second kappa shape index (κ2) is 6.62. The summed E-state index contributed by atoms with van der Waals surface area (Å²) in [6.45, 7) is 0. The monoisotopic (exact) mass is 299 g/mol. The van der Waals surface area contributed by atoms with Crippen LogP contribution in [0.5, 0.6) is 5.75 Å². The van der Waals surface area contributed by atoms with Gasteiger partial charge in [-0.2, -0.15) is 0 Å². The SMILES string of the molecule is CN(C)c1ccc(C(=O)Nc2ccc(OC(N)=O)cc2)cc1. The highest BCUT2D eigenvalue weighted by Gasteiger charge is 2.07. The molecule has 2 aromatic carbocycles. The third-order valence-electron chi connectivity index (χ3n) is 2.98. The average molecular weight is 299 g/mol. The molecule has 0 aliphatic rings. The first-order valence-electron chi connectivity index (χ1n) is 6.62. The number of carbonyl (C=O) groups is 2. The molecule has 0 heterocycles. The van der Waals surface area contributed by atoms with Crippen LogP contribution in [0.25, 0.3) is 0 Å². The van der Waals surface area contributed by atoms with E-state index in [4.69, 9.17) is 10.5 Å². The summed E-state index contributed by atoms with van der Waals surface area (Å²) in [6, 6.07) is 13.6. The molecule has 2 amide bonds. The maximum atomic E-state index is 12.1. The lowest BCUT2D eigenvalue weighted by Gasteiger charge is -2.12. The number of primary amides is 1. The molecule has 22 heavy (non-hydrogen) atoms. The molecular formula is C16H17N3O3. The lowest BCUT2D eigenvalue weighted by molar-refractivity contribution is 0.102. The van der Waals surface area contributed by atoms with E-state index >= 15 is 0 Å². The number of benzene rings is 2. The molecule has 2 rings (SSSR count). The highest BCUT2D eigenvalue weighted by atomic mass is 16.5. The van der Waals surface area contributed by atoms with Crippen LogP contribution in [0.4, 0.5) is 16.2 Å². The van der Waals surface area contributed by atoms with Gasteiger partial charge in [0.1, 0.15) is 5.75 Å². The number of nitrogens with two attached hydrogens (primary N) is 1. The Balaban J connectivity index is 2.03. The fraction of sp³-hybridized carbons (Fsp3) is 0.125. The summed E-state index contributed by atoms with van der Waals surface area (Å²) < 4.78 is 4.72. The van der Waals surface area contributed by atoms with Crippen molar-refractivity contribution in [2.45, 2.75) is 0 Å². The minimum atomic E-state index is -0.877. The summed E-state index contributed by atoms with van der Waals surface area (Å²) in [7, 11) is 3.87. The van der Waals surface area contributed by atoms with Gasteiger partial charge in [-0.15, -0.1) is 0 Å². The van der Waals surface area contributed by atoms with E-state index in [-0.39, 0.29) is 5.91 Å². The standard InChI is InChI=1S/C16H17N3O3/c1-19(2)13-7-3-11(4-8-13)15(20)18-12-5-9-14(10-6-12)22-16(17)21/h3-10H,1-2H3,(H2,17,21)(H,18,20). The summed E-state index contributed by atoms with van der Waals surface area (Å²) in [5.74, 6) is 0.106. The molecule has 6 nitrogen and oxygen atoms in total. The summed E-state index contributed by atoms with van der Waals surface area (Å²) >= 11 is 0. The van der Waals surface area contributed by atoms with Gasteiger partial charge in [0.2, 0.25) is 0 Å². The third kappa shape index (κ3) is 3.99. The molecule has 0 atom stereocenters. The fourth-order valence-corrected chi connectivity index (χ4v) is 1.84. The number of anilines is 2. The van der Waals surface area contributed by atoms with E-state index in [2.05, 4.69) is 5.32 Å². The lowest BCUT2D eigenvalue weighted by atomic mass is 10.2. The van der Waals surface area contributed by atoms with Gasteiger partial charge < -0.3 is 20.7 Å². The first-order chi connectivity index (χ1) is 10.5. The molecule has 0 aromatic heterocycles. The normalized spacial score (nSPS) is 9.91. The molecule has 0 radical (unpaired) electrons. The highest BCUT2D eigenvalue weighted by Crippen LogP contribution is 2.17. The van der Waals surface area contributed by atoms with E-state index in [9.17, 15) is 9.59 Å². The van der Waals surface area contributed by atoms with Gasteiger partial charge in [0.25, 0.3) is 5.91 Å². The average Bonchev–Trinajstić information content (AvgIpc) is 2.49. The minimum absolute atomic E-state index is 0.214. The van der Waals surface area contributed by atoms with Gasteiger partial charge in [-0.05, 0) is 48.5 Å². The quantitative estimate of drug-likeness (QED) is 0.908. The summed E-state index contributed by atoms with van der Waals surface area (Å²) in [5.41, 5.74) is 7.09. The van der Waals surface area contributed by atoms with Crippen LogP contribution in [0.15, 0.2) is 48.5 Å². The lowest BCUT2D eigenvalue weighted by Crippen LogP contribution is -2.16. The van der Waals surface area contributed by atoms with Crippen molar-refractivity contribution in [1.82, 2.24) is 0 Å². The second-order valence-corrected chi connectivity index (χ2v) is 4.84. The number of carbonyl (C=O) groups excluding carboxylic acids is 2. The van der Waals surface area contributed by atoms with E-state index in [1.54, 1.807) is 36.4 Å². The molecule has 3 N–H and O–H groups in total. The zero-order valence-electron chi connectivity index (χ0n) is 12.4. The van der Waals surface area contributed by atoms with Crippen LogP contribution in [-0.2, 0) is 0 Å². The maximum absolute atomic E-state index is 12.1. The van der Waals surface area contributed by atoms with Gasteiger partial charge in [0, 0.05) is 31.0 Å². The topological polar surface area (TPSA) is 84.7 Å². The molecule has 0 bridgehead atoms. The summed E-state index contributed by atoms with van der Waals surface area (Å²) in [4.78, 5) is 24.7. The van der Waals surface area contributed by atoms with Crippen LogP contribution in [0, 0.1) is 0 Å². The van der Waals surface area contributed by atoms with E-state index in [0.29, 0.717) is 17.0 Å². The largest absolute Gasteiger partial charge is 0.411 e. The molecule has 0 spiro atoms. The number of hydrogen-bond acceptors (Lipinski definition) is 4. The molecule has 6 heteroatoms. The Kier molecular flexibility index (Phi) is 4.63. The number of nitrogens with zero attached hydrogens (tertiary/aromatic N) is 1. The van der Waals surface area contributed by atoms with Crippen molar-refractivity contribution < 1.29 is 14.3 Å². The van der Waals surface area contributed by atoms with Crippen LogP contribution >= 0.6 is 0 Å². The first kappa shape index (κ1) is 15.4. The molecule has 0 saturated heterocycles. The number of ether oxygens (including phenoxy) is 1. The second-order valence-electron chi connectivity index (χ2n) is 4.84. The van der Waals surface area contributed by atoms with Crippen LogP contribution in [-0.4, -0.2) is 26.1 Å². The molecule has 2 aromatic rings. The Hall–Kier alpha value is -3.02. The van der Waals surface area contributed by atoms with Crippen molar-refractivity contribution in [3.63, 3.8) is 0 Å². The van der Waals surface area contributed by atoms with Crippen molar-refractivity contribution >= 4 is 23.4 Å². The Morgan fingerprint density at radius 3 is 2.09 bits per heavy atom. The molecule has 0 fully saturated rings. The Morgan fingerprint density at radius 2 is 1.59 bits per heavy atom. The van der Waals surface area contributed by atoms with E-state index < -0.39 is 6.09 Å². The van der Waals surface area contributed by atoms with Crippen LogP contribution < -0.4 is 20.7 Å². The molecule has 114 valence electrons. The number of hydrogen-bond donors (Lipinski definition) is 2. The van der Waals surface area contributed by atoms with Gasteiger partial charge in [-0.3, -0.25) is 4.79 Å². The predicted molar refractivity (Wildman–Crippen MR) is 85.4 cm³/mol. The molecule has 0 aliphatic heterocycles. The van der Waals surface area contributed by atoms with Gasteiger partial charge in [0.05, 0.1) is 0 Å². The van der Waals surface area contributed by atoms with Gasteiger partial charge in [0.15, 0.2) is 0 Å². The van der Waals surface area contributed by atoms with Gasteiger partial charge in [-0.1, -0.05) is 0 Å². The number of rotatable bonds is 4. The predicted octanol–water partition coefficient (Wildman–Crippen LogP) is 2.46. The van der Waals surface area contributed by atoms with Crippen LogP contribution in [0.3, 0.4) is 0 Å². The van der Waals surface area contributed by atoms with E-state index in [1.165, 1.54) is 0 Å². The molecule has 0 aliphatic carbocycles. The van der Waals surface area contributed by atoms with Gasteiger partial charge >= 0.3 is 6.09 Å². The number of nitrogens with one attached hydrogen (secondary N) is 1. The zero-order chi connectivity index (χ0) is 16.1. The smallest absolute Gasteiger partial charge is 0.409 e. The van der Waals surface area contributed by atoms with Crippen molar-refractivity contribution in [2.75, 3.05) is 24.3 Å². The van der Waals surface area contributed by atoms with Crippen molar-refractivity contribution in [2.24, 2.45) is 5.73 Å². The molecular weight excluding hydrogens is 282 g/mol. The Labute approximate surface area is 128 Å². The Bertz CT molecular complexity index is 664. The van der Waals surface area contributed by atoms with Crippen molar-refractivity contribution in [1.29, 1.82) is 0 Å². The van der Waals surface area contributed by atoms with Crippen LogP contribution in [0.2, 0.25) is 0 Å². The summed E-state index contributed by atoms with van der Waals surface area (Å²) in [5, 5.41) is 2.76. The zero-order valence-corrected chi connectivity index (χ0v) is 12.4. The first-order valence-corrected chi connectivity index (χ1v) is 6.62. The van der Waals surface area contributed by atoms with Crippen molar-refractivity contribution in [3.8, 4) is 5.75 Å². The minimum Gasteiger partial charge on any atom is -0.411 e. The highest BCUT2D eigenvalue weighted by molar-refractivity contribution is 6.04. The van der Waals surface area contributed by atoms with Crippen molar-refractivity contribution in [3.05, 3.63) is 54.1 Å². The number of amides is 2. The third-order valence-corrected chi connectivity index (χ3v) is 2.98. The Morgan fingerprint density at radius 1 is 1.00 bits per heavy atom. The summed E-state index contributed by atoms with van der Waals surface area (Å²) in [6.07, 6.45) is -0.877. The van der Waals surface area contributed by atoms with Crippen LogP contribution in [0.1, 0.15) is 10.4 Å². The van der Waals surface area contributed by atoms with Gasteiger partial charge in [-0.25, -0.2) is 4.79 Å². The molecule has 0 unspecified atom stereocenters. The van der Waals surface area contributed by atoms with E-state index in [1.807, 2.05) is 31.1 Å². The fourth-order valence-electron chi connectivity index (χ4n) is 1.84. The maximum Gasteiger partial charge on any atom is 0.409 e. The van der Waals surface area contributed by atoms with E-state index in [0.717, 1.165) is 5.69 Å². The molecule has 0 saturated carbocycles.